The van der Waals surface area contributed by atoms with Crippen LogP contribution in [0.4, 0.5) is 0 Å². The van der Waals surface area contributed by atoms with Gasteiger partial charge < -0.3 is 10.0 Å². The lowest BCUT2D eigenvalue weighted by Crippen LogP contribution is -2.46. The van der Waals surface area contributed by atoms with E-state index < -0.39 is 5.97 Å². The number of carboxylic acid groups (broad SMARTS) is 1. The summed E-state index contributed by atoms with van der Waals surface area (Å²) < 4.78 is 0. The normalized spacial score (nSPS) is 20.7. The SMILES string of the molecule is CC1(Cc2ccccc2)CCCN1C(=O)c1ccc(C(=O)O)s1. The van der Waals surface area contributed by atoms with Crippen molar-refractivity contribution in [2.75, 3.05) is 6.54 Å². The lowest BCUT2D eigenvalue weighted by atomic mass is 9.90. The molecule has 1 aromatic carbocycles. The van der Waals surface area contributed by atoms with E-state index in [-0.39, 0.29) is 16.3 Å². The number of amides is 1. The first kappa shape index (κ1) is 15.7. The van der Waals surface area contributed by atoms with Crippen molar-refractivity contribution in [2.45, 2.75) is 31.7 Å². The Kier molecular flexibility index (Phi) is 4.22. The molecule has 0 spiro atoms. The van der Waals surface area contributed by atoms with Gasteiger partial charge in [-0.05, 0) is 43.9 Å². The van der Waals surface area contributed by atoms with E-state index in [0.717, 1.165) is 37.1 Å². The first-order chi connectivity index (χ1) is 11.0. The van der Waals surface area contributed by atoms with Crippen molar-refractivity contribution in [1.29, 1.82) is 0 Å². The highest BCUT2D eigenvalue weighted by atomic mass is 32.1. The Hall–Kier alpha value is -2.14. The van der Waals surface area contributed by atoms with E-state index in [2.05, 4.69) is 19.1 Å². The van der Waals surface area contributed by atoms with E-state index in [4.69, 9.17) is 5.11 Å². The Morgan fingerprint density at radius 2 is 1.87 bits per heavy atom. The average molecular weight is 329 g/mol. The second kappa shape index (κ2) is 6.16. The zero-order valence-electron chi connectivity index (χ0n) is 13.0. The van der Waals surface area contributed by atoms with Crippen LogP contribution in [-0.2, 0) is 6.42 Å². The number of hydrogen-bond acceptors (Lipinski definition) is 3. The molecule has 0 aliphatic carbocycles. The molecule has 23 heavy (non-hydrogen) atoms. The highest BCUT2D eigenvalue weighted by Gasteiger charge is 2.40. The highest BCUT2D eigenvalue weighted by molar-refractivity contribution is 7.15. The summed E-state index contributed by atoms with van der Waals surface area (Å²) in [5.41, 5.74) is 0.998. The van der Waals surface area contributed by atoms with Gasteiger partial charge in [-0.15, -0.1) is 11.3 Å². The van der Waals surface area contributed by atoms with Crippen LogP contribution >= 0.6 is 11.3 Å². The summed E-state index contributed by atoms with van der Waals surface area (Å²) in [6.45, 7) is 2.85. The number of likely N-dealkylation sites (tertiary alicyclic amines) is 1. The maximum atomic E-state index is 12.8. The molecule has 1 saturated heterocycles. The largest absolute Gasteiger partial charge is 0.477 e. The van der Waals surface area contributed by atoms with Crippen molar-refractivity contribution in [3.8, 4) is 0 Å². The van der Waals surface area contributed by atoms with E-state index in [0.29, 0.717) is 4.88 Å². The maximum Gasteiger partial charge on any atom is 0.345 e. The molecule has 120 valence electrons. The molecular weight excluding hydrogens is 310 g/mol. The molecule has 4 nitrogen and oxygen atoms in total. The van der Waals surface area contributed by atoms with Crippen LogP contribution in [0.2, 0.25) is 0 Å². The lowest BCUT2D eigenvalue weighted by Gasteiger charge is -2.35. The Bertz CT molecular complexity index is 725. The van der Waals surface area contributed by atoms with Gasteiger partial charge in [0.25, 0.3) is 5.91 Å². The van der Waals surface area contributed by atoms with Gasteiger partial charge >= 0.3 is 5.97 Å². The molecule has 1 fully saturated rings. The summed E-state index contributed by atoms with van der Waals surface area (Å²) in [5.74, 6) is -1.04. The van der Waals surface area contributed by atoms with Gasteiger partial charge in [0, 0.05) is 12.1 Å². The number of aromatic carboxylic acids is 1. The van der Waals surface area contributed by atoms with Gasteiger partial charge in [0.05, 0.1) is 4.88 Å². The molecule has 1 aliphatic rings. The monoisotopic (exact) mass is 329 g/mol. The fraction of sp³-hybridized carbons (Fsp3) is 0.333. The molecular formula is C18H19NO3S. The summed E-state index contributed by atoms with van der Waals surface area (Å²) in [7, 11) is 0. The number of hydrogen-bond donors (Lipinski definition) is 1. The number of nitrogens with zero attached hydrogens (tertiary/aromatic N) is 1. The van der Waals surface area contributed by atoms with E-state index in [1.165, 1.54) is 11.6 Å². The van der Waals surface area contributed by atoms with E-state index in [9.17, 15) is 9.59 Å². The van der Waals surface area contributed by atoms with Crippen molar-refractivity contribution in [3.63, 3.8) is 0 Å². The number of benzene rings is 1. The van der Waals surface area contributed by atoms with Gasteiger partial charge in [0.2, 0.25) is 0 Å². The molecule has 1 aromatic heterocycles. The van der Waals surface area contributed by atoms with E-state index in [1.54, 1.807) is 6.07 Å². The van der Waals surface area contributed by atoms with Gasteiger partial charge in [-0.25, -0.2) is 4.79 Å². The van der Waals surface area contributed by atoms with Crippen LogP contribution in [0.3, 0.4) is 0 Å². The predicted molar refractivity (Wildman–Crippen MR) is 90.1 cm³/mol. The van der Waals surface area contributed by atoms with Crippen LogP contribution in [0.25, 0.3) is 0 Å². The lowest BCUT2D eigenvalue weighted by molar-refractivity contribution is 0.0628. The average Bonchev–Trinajstić information content (AvgIpc) is 3.15. The standard InChI is InChI=1S/C18H19NO3S/c1-18(12-13-6-3-2-4-7-13)10-5-11-19(18)16(20)14-8-9-15(23-14)17(21)22/h2-4,6-9H,5,10-12H2,1H3,(H,21,22). The second-order valence-corrected chi connectivity index (χ2v) is 7.27. The van der Waals surface area contributed by atoms with Crippen molar-refractivity contribution in [1.82, 2.24) is 4.90 Å². The van der Waals surface area contributed by atoms with Crippen molar-refractivity contribution in [3.05, 3.63) is 57.8 Å². The molecule has 1 aliphatic heterocycles. The van der Waals surface area contributed by atoms with Crippen molar-refractivity contribution >= 4 is 23.2 Å². The molecule has 5 heteroatoms. The summed E-state index contributed by atoms with van der Waals surface area (Å²) >= 11 is 1.05. The zero-order chi connectivity index (χ0) is 16.4. The van der Waals surface area contributed by atoms with E-state index >= 15 is 0 Å². The fourth-order valence-electron chi connectivity index (χ4n) is 3.29. The number of carboxylic acids is 1. The molecule has 1 unspecified atom stereocenters. The number of rotatable bonds is 4. The highest BCUT2D eigenvalue weighted by Crippen LogP contribution is 2.34. The first-order valence-electron chi connectivity index (χ1n) is 7.69. The van der Waals surface area contributed by atoms with Gasteiger partial charge in [-0.3, -0.25) is 4.79 Å². The Morgan fingerprint density at radius 1 is 1.17 bits per heavy atom. The molecule has 1 amide bonds. The molecule has 0 saturated carbocycles. The van der Waals surface area contributed by atoms with Crippen LogP contribution in [-0.4, -0.2) is 34.0 Å². The van der Waals surface area contributed by atoms with Crippen LogP contribution < -0.4 is 0 Å². The molecule has 0 radical (unpaired) electrons. The van der Waals surface area contributed by atoms with Gasteiger partial charge in [0.15, 0.2) is 0 Å². The minimum absolute atomic E-state index is 0.0570. The van der Waals surface area contributed by atoms with Gasteiger partial charge in [-0.1, -0.05) is 30.3 Å². The summed E-state index contributed by atoms with van der Waals surface area (Å²) in [4.78, 5) is 26.5. The van der Waals surface area contributed by atoms with Crippen LogP contribution in [0.15, 0.2) is 42.5 Å². The Morgan fingerprint density at radius 3 is 2.52 bits per heavy atom. The van der Waals surface area contributed by atoms with Crippen molar-refractivity contribution in [2.24, 2.45) is 0 Å². The second-order valence-electron chi connectivity index (χ2n) is 6.19. The van der Waals surface area contributed by atoms with Crippen LogP contribution in [0.5, 0.6) is 0 Å². The molecule has 3 rings (SSSR count). The summed E-state index contributed by atoms with van der Waals surface area (Å²) in [5, 5.41) is 9.03. The summed E-state index contributed by atoms with van der Waals surface area (Å²) in [6, 6.07) is 13.3. The van der Waals surface area contributed by atoms with E-state index in [1.807, 2.05) is 23.1 Å². The summed E-state index contributed by atoms with van der Waals surface area (Å²) in [6.07, 6.45) is 2.76. The first-order valence-corrected chi connectivity index (χ1v) is 8.50. The van der Waals surface area contributed by atoms with Gasteiger partial charge in [-0.2, -0.15) is 0 Å². The zero-order valence-corrected chi connectivity index (χ0v) is 13.8. The quantitative estimate of drug-likeness (QED) is 0.931. The molecule has 1 atom stereocenters. The third kappa shape index (κ3) is 3.15. The van der Waals surface area contributed by atoms with Gasteiger partial charge in [0.1, 0.15) is 4.88 Å². The predicted octanol–water partition coefficient (Wildman–Crippen LogP) is 3.68. The molecule has 1 N–H and O–H groups in total. The smallest absolute Gasteiger partial charge is 0.345 e. The topological polar surface area (TPSA) is 57.6 Å². The van der Waals surface area contributed by atoms with Crippen molar-refractivity contribution < 1.29 is 14.7 Å². The maximum absolute atomic E-state index is 12.8. The fourth-order valence-corrected chi connectivity index (χ4v) is 4.08. The third-order valence-electron chi connectivity index (χ3n) is 4.45. The minimum atomic E-state index is -0.984. The molecule has 2 aromatic rings. The third-order valence-corrected chi connectivity index (χ3v) is 5.51. The van der Waals surface area contributed by atoms with Crippen LogP contribution in [0.1, 0.15) is 44.7 Å². The number of carbonyl (C=O) groups is 2. The van der Waals surface area contributed by atoms with Crippen LogP contribution in [0, 0.1) is 0 Å². The molecule has 2 heterocycles. The minimum Gasteiger partial charge on any atom is -0.477 e. The number of thiophene rings is 1. The Labute approximate surface area is 139 Å². The number of carbonyl (C=O) groups excluding carboxylic acids is 1. The molecule has 0 bridgehead atoms. The Balaban J connectivity index is 1.82.